The van der Waals surface area contributed by atoms with Gasteiger partial charge in [-0.1, -0.05) is 0 Å². The molecule has 1 aliphatic heterocycles. The molecule has 2 aromatic rings. The molecule has 0 atom stereocenters. The van der Waals surface area contributed by atoms with Gasteiger partial charge in [-0.25, -0.2) is 0 Å². The van der Waals surface area contributed by atoms with Crippen LogP contribution in [0.25, 0.3) is 10.9 Å². The summed E-state index contributed by atoms with van der Waals surface area (Å²) in [5.41, 5.74) is 1.13. The zero-order valence-electron chi connectivity index (χ0n) is 12.2. The van der Waals surface area contributed by atoms with E-state index in [0.29, 0.717) is 34.9 Å². The maximum Gasteiger partial charge on any atom is 0.294 e. The molecule has 1 amide bonds. The van der Waals surface area contributed by atoms with Crippen LogP contribution < -0.4 is 9.47 Å². The average molecular weight is 300 g/mol. The van der Waals surface area contributed by atoms with E-state index in [0.717, 1.165) is 18.4 Å². The van der Waals surface area contributed by atoms with Crippen LogP contribution in [0, 0.1) is 5.92 Å². The molecule has 1 N–H and O–H groups in total. The number of carbonyl (C=O) groups excluding carboxylic acids is 2. The molecule has 0 unspecified atom stereocenters. The molecule has 2 heterocycles. The summed E-state index contributed by atoms with van der Waals surface area (Å²) in [6, 6.07) is 3.53. The summed E-state index contributed by atoms with van der Waals surface area (Å²) in [7, 11) is 1.68. The molecule has 2 aliphatic rings. The van der Waals surface area contributed by atoms with E-state index in [1.165, 1.54) is 4.90 Å². The maximum atomic E-state index is 12.5. The summed E-state index contributed by atoms with van der Waals surface area (Å²) in [6.45, 7) is 0.827. The lowest BCUT2D eigenvalue weighted by atomic mass is 10.1. The highest BCUT2D eigenvalue weighted by Crippen LogP contribution is 2.37. The first-order valence-corrected chi connectivity index (χ1v) is 7.34. The number of aromatic nitrogens is 1. The van der Waals surface area contributed by atoms with Gasteiger partial charge in [0.15, 0.2) is 11.5 Å². The summed E-state index contributed by atoms with van der Waals surface area (Å²) in [5.74, 6) is 0.836. The highest BCUT2D eigenvalue weighted by Gasteiger charge is 2.29. The van der Waals surface area contributed by atoms with Gasteiger partial charge in [0.1, 0.15) is 0 Å². The molecule has 1 aliphatic carbocycles. The lowest BCUT2D eigenvalue weighted by Crippen LogP contribution is -2.34. The minimum absolute atomic E-state index is 0.175. The van der Waals surface area contributed by atoms with Crippen molar-refractivity contribution in [2.45, 2.75) is 12.8 Å². The summed E-state index contributed by atoms with van der Waals surface area (Å²) in [4.78, 5) is 29.3. The topological polar surface area (TPSA) is 71.6 Å². The van der Waals surface area contributed by atoms with Crippen LogP contribution in [-0.4, -0.2) is 42.0 Å². The number of aromatic amines is 1. The molecule has 1 aromatic heterocycles. The molecular weight excluding hydrogens is 284 g/mol. The Labute approximate surface area is 127 Å². The number of H-pyrrole nitrogens is 1. The van der Waals surface area contributed by atoms with Gasteiger partial charge in [-0.15, -0.1) is 0 Å². The number of carbonyl (C=O) groups is 2. The Balaban J connectivity index is 1.65. The normalized spacial score (nSPS) is 16.0. The Kier molecular flexibility index (Phi) is 2.85. The Morgan fingerprint density at radius 3 is 2.73 bits per heavy atom. The third-order valence-electron chi connectivity index (χ3n) is 4.19. The van der Waals surface area contributed by atoms with Crippen molar-refractivity contribution in [2.75, 3.05) is 20.4 Å². The number of hydrogen-bond donors (Lipinski definition) is 1. The number of Topliss-reactive ketones (excluding diaryl/α,β-unsaturated/α-hetero) is 1. The summed E-state index contributed by atoms with van der Waals surface area (Å²) < 4.78 is 10.6. The van der Waals surface area contributed by atoms with Gasteiger partial charge in [0.05, 0.1) is 11.1 Å². The predicted molar refractivity (Wildman–Crippen MR) is 79.1 cm³/mol. The van der Waals surface area contributed by atoms with Crippen molar-refractivity contribution in [3.8, 4) is 11.5 Å². The fourth-order valence-corrected chi connectivity index (χ4v) is 2.76. The van der Waals surface area contributed by atoms with Crippen LogP contribution in [0.4, 0.5) is 0 Å². The van der Waals surface area contributed by atoms with Crippen molar-refractivity contribution in [1.29, 1.82) is 0 Å². The lowest BCUT2D eigenvalue weighted by molar-refractivity contribution is -0.125. The Morgan fingerprint density at radius 2 is 2.00 bits per heavy atom. The van der Waals surface area contributed by atoms with Crippen LogP contribution in [0.1, 0.15) is 23.2 Å². The van der Waals surface area contributed by atoms with Crippen molar-refractivity contribution < 1.29 is 19.1 Å². The first-order valence-electron chi connectivity index (χ1n) is 7.34. The van der Waals surface area contributed by atoms with Crippen LogP contribution in [-0.2, 0) is 4.79 Å². The number of likely N-dealkylation sites (N-methyl/N-ethyl adjacent to an activating group) is 1. The highest BCUT2D eigenvalue weighted by atomic mass is 16.7. The summed E-state index contributed by atoms with van der Waals surface area (Å²) >= 11 is 0. The fraction of sp³-hybridized carbons (Fsp3) is 0.375. The highest BCUT2D eigenvalue weighted by molar-refractivity contribution is 6.44. The van der Waals surface area contributed by atoms with E-state index in [4.69, 9.17) is 9.47 Å². The van der Waals surface area contributed by atoms with Crippen LogP contribution in [0.15, 0.2) is 18.3 Å². The van der Waals surface area contributed by atoms with Crippen LogP contribution in [0.5, 0.6) is 11.5 Å². The molecule has 1 aromatic carbocycles. The third-order valence-corrected chi connectivity index (χ3v) is 4.19. The van der Waals surface area contributed by atoms with E-state index in [-0.39, 0.29) is 6.79 Å². The Morgan fingerprint density at radius 1 is 1.27 bits per heavy atom. The minimum Gasteiger partial charge on any atom is -0.454 e. The molecule has 22 heavy (non-hydrogen) atoms. The van der Waals surface area contributed by atoms with E-state index in [9.17, 15) is 9.59 Å². The lowest BCUT2D eigenvalue weighted by Gasteiger charge is -2.15. The molecule has 0 radical (unpaired) electrons. The smallest absolute Gasteiger partial charge is 0.294 e. The first kappa shape index (κ1) is 13.2. The molecule has 0 spiro atoms. The Bertz CT molecular complexity index is 776. The zero-order valence-corrected chi connectivity index (χ0v) is 12.2. The van der Waals surface area contributed by atoms with E-state index in [1.807, 2.05) is 0 Å². The number of nitrogens with one attached hydrogen (secondary N) is 1. The van der Waals surface area contributed by atoms with Crippen molar-refractivity contribution in [2.24, 2.45) is 5.92 Å². The van der Waals surface area contributed by atoms with Crippen LogP contribution >= 0.6 is 0 Å². The van der Waals surface area contributed by atoms with E-state index in [2.05, 4.69) is 4.98 Å². The van der Waals surface area contributed by atoms with E-state index >= 15 is 0 Å². The molecular formula is C16H16N2O4. The van der Waals surface area contributed by atoms with Crippen molar-refractivity contribution >= 4 is 22.6 Å². The number of hydrogen-bond acceptors (Lipinski definition) is 4. The SMILES string of the molecule is CN(CC1CC1)C(=O)C(=O)c1c[nH]c2cc3c(cc12)OCO3. The van der Waals surface area contributed by atoms with E-state index < -0.39 is 11.7 Å². The first-order chi connectivity index (χ1) is 10.6. The van der Waals surface area contributed by atoms with Gasteiger partial charge in [-0.05, 0) is 24.8 Å². The number of ether oxygens (including phenoxy) is 2. The average Bonchev–Trinajstić information content (AvgIpc) is 3.06. The van der Waals surface area contributed by atoms with Crippen molar-refractivity contribution in [3.05, 3.63) is 23.9 Å². The molecule has 0 bridgehead atoms. The maximum absolute atomic E-state index is 12.5. The summed E-state index contributed by atoms with van der Waals surface area (Å²) in [6.07, 6.45) is 3.86. The third kappa shape index (κ3) is 2.11. The van der Waals surface area contributed by atoms with Crippen LogP contribution in [0.3, 0.4) is 0 Å². The minimum atomic E-state index is -0.492. The quantitative estimate of drug-likeness (QED) is 0.692. The molecule has 6 nitrogen and oxygen atoms in total. The number of amides is 1. The second-order valence-corrected chi connectivity index (χ2v) is 5.91. The molecule has 1 saturated carbocycles. The molecule has 114 valence electrons. The van der Waals surface area contributed by atoms with Gasteiger partial charge in [0.25, 0.3) is 11.7 Å². The number of benzene rings is 1. The fourth-order valence-electron chi connectivity index (χ4n) is 2.76. The number of nitrogens with zero attached hydrogens (tertiary/aromatic N) is 1. The Hall–Kier alpha value is -2.50. The molecule has 6 heteroatoms. The van der Waals surface area contributed by atoms with Gasteiger partial charge < -0.3 is 19.4 Å². The standard InChI is InChI=1S/C16H16N2O4/c1-18(7-9-2-3-9)16(20)15(19)11-6-17-12-5-14-13(4-10(11)12)21-8-22-14/h4-6,9,17H,2-3,7-8H2,1H3. The van der Waals surface area contributed by atoms with E-state index in [1.54, 1.807) is 25.4 Å². The summed E-state index contributed by atoms with van der Waals surface area (Å²) in [5, 5.41) is 0.683. The number of ketones is 1. The molecule has 4 rings (SSSR count). The molecule has 1 fully saturated rings. The van der Waals surface area contributed by atoms with Crippen molar-refractivity contribution in [1.82, 2.24) is 9.88 Å². The van der Waals surface area contributed by atoms with Crippen molar-refractivity contribution in [3.63, 3.8) is 0 Å². The predicted octanol–water partition coefficient (Wildman–Crippen LogP) is 1.95. The van der Waals surface area contributed by atoms with Gasteiger partial charge >= 0.3 is 0 Å². The number of rotatable bonds is 4. The largest absolute Gasteiger partial charge is 0.454 e. The van der Waals surface area contributed by atoms with Gasteiger partial charge in [-0.2, -0.15) is 0 Å². The molecule has 0 saturated heterocycles. The number of fused-ring (bicyclic) bond motifs is 2. The van der Waals surface area contributed by atoms with Crippen LogP contribution in [0.2, 0.25) is 0 Å². The second kappa shape index (κ2) is 4.76. The second-order valence-electron chi connectivity index (χ2n) is 5.91. The zero-order chi connectivity index (χ0) is 15.3. The van der Waals surface area contributed by atoms with Gasteiger partial charge in [0.2, 0.25) is 6.79 Å². The monoisotopic (exact) mass is 300 g/mol. The van der Waals surface area contributed by atoms with Gasteiger partial charge in [-0.3, -0.25) is 9.59 Å². The van der Waals surface area contributed by atoms with Gasteiger partial charge in [0, 0.05) is 31.2 Å².